The van der Waals surface area contributed by atoms with Crippen LogP contribution in [0.25, 0.3) is 0 Å². The van der Waals surface area contributed by atoms with Crippen molar-refractivity contribution < 1.29 is 4.79 Å². The lowest BCUT2D eigenvalue weighted by atomic mass is 9.76. The summed E-state index contributed by atoms with van der Waals surface area (Å²) in [4.78, 5) is 16.5. The molecule has 1 fully saturated rings. The van der Waals surface area contributed by atoms with Crippen molar-refractivity contribution in [1.82, 2.24) is 10.3 Å². The molecule has 4 nitrogen and oxygen atoms in total. The maximum atomic E-state index is 12.4. The highest BCUT2D eigenvalue weighted by Crippen LogP contribution is 2.31. The van der Waals surface area contributed by atoms with Gasteiger partial charge in [0.2, 0.25) is 5.91 Å². The fraction of sp³-hybridized carbons (Fsp3) is 0.600. The number of pyridine rings is 1. The Morgan fingerprint density at radius 1 is 1.63 bits per heavy atom. The van der Waals surface area contributed by atoms with Crippen LogP contribution in [0.5, 0.6) is 0 Å². The van der Waals surface area contributed by atoms with Gasteiger partial charge in [-0.2, -0.15) is 0 Å². The van der Waals surface area contributed by atoms with E-state index in [9.17, 15) is 4.79 Å². The number of amides is 1. The fourth-order valence-electron chi connectivity index (χ4n) is 2.85. The fourth-order valence-corrected chi connectivity index (χ4v) is 2.85. The first-order valence-electron chi connectivity index (χ1n) is 7.01. The number of rotatable bonds is 3. The molecule has 1 saturated carbocycles. The minimum absolute atomic E-state index is 0.0320. The largest absolute Gasteiger partial charge is 0.348 e. The second-order valence-corrected chi connectivity index (χ2v) is 5.84. The monoisotopic (exact) mass is 261 g/mol. The van der Waals surface area contributed by atoms with Crippen molar-refractivity contribution in [2.24, 2.45) is 11.7 Å². The Labute approximate surface area is 114 Å². The number of nitrogens with one attached hydrogen (secondary N) is 1. The zero-order valence-corrected chi connectivity index (χ0v) is 11.7. The van der Waals surface area contributed by atoms with Crippen molar-refractivity contribution in [2.45, 2.75) is 51.1 Å². The van der Waals surface area contributed by atoms with Crippen molar-refractivity contribution in [2.75, 3.05) is 0 Å². The highest BCUT2D eigenvalue weighted by atomic mass is 16.2. The smallest absolute Gasteiger partial charge is 0.240 e. The molecule has 3 N–H and O–H groups in total. The quantitative estimate of drug-likeness (QED) is 0.876. The van der Waals surface area contributed by atoms with Gasteiger partial charge < -0.3 is 11.1 Å². The zero-order chi connectivity index (χ0) is 13.9. The van der Waals surface area contributed by atoms with E-state index < -0.39 is 5.54 Å². The number of nitrogens with two attached hydrogens (primary N) is 1. The normalized spacial score (nSPS) is 28.7. The lowest BCUT2D eigenvalue weighted by Gasteiger charge is -2.36. The predicted molar refractivity (Wildman–Crippen MR) is 75.3 cm³/mol. The van der Waals surface area contributed by atoms with Crippen molar-refractivity contribution in [3.05, 3.63) is 30.1 Å². The Morgan fingerprint density at radius 3 is 3.05 bits per heavy atom. The summed E-state index contributed by atoms with van der Waals surface area (Å²) in [5, 5.41) is 3.02. The van der Waals surface area contributed by atoms with Crippen LogP contribution in [0.1, 0.15) is 51.1 Å². The van der Waals surface area contributed by atoms with Crippen LogP contribution in [-0.2, 0) is 4.79 Å². The van der Waals surface area contributed by atoms with Crippen LogP contribution in [0.3, 0.4) is 0 Å². The van der Waals surface area contributed by atoms with E-state index in [0.29, 0.717) is 5.92 Å². The Bertz CT molecular complexity index is 434. The number of carbonyl (C=O) groups excluding carboxylic acids is 1. The van der Waals surface area contributed by atoms with E-state index in [1.54, 1.807) is 12.4 Å². The maximum Gasteiger partial charge on any atom is 0.240 e. The minimum atomic E-state index is -0.700. The van der Waals surface area contributed by atoms with E-state index in [-0.39, 0.29) is 11.9 Å². The van der Waals surface area contributed by atoms with Gasteiger partial charge in [-0.3, -0.25) is 9.78 Å². The van der Waals surface area contributed by atoms with Gasteiger partial charge in [0.05, 0.1) is 11.6 Å². The number of hydrogen-bond donors (Lipinski definition) is 2. The van der Waals surface area contributed by atoms with Crippen LogP contribution in [0.2, 0.25) is 0 Å². The molecule has 1 aromatic heterocycles. The molecule has 104 valence electrons. The van der Waals surface area contributed by atoms with Crippen molar-refractivity contribution in [1.29, 1.82) is 0 Å². The van der Waals surface area contributed by atoms with Gasteiger partial charge in [-0.1, -0.05) is 25.8 Å². The third-order valence-electron chi connectivity index (χ3n) is 4.02. The Balaban J connectivity index is 2.00. The average molecular weight is 261 g/mol. The molecular formula is C15H23N3O. The molecule has 0 spiro atoms. The first kappa shape index (κ1) is 14.0. The molecule has 2 rings (SSSR count). The summed E-state index contributed by atoms with van der Waals surface area (Å²) >= 11 is 0. The molecule has 0 aromatic carbocycles. The van der Waals surface area contributed by atoms with Crippen molar-refractivity contribution in [3.63, 3.8) is 0 Å². The molecule has 0 bridgehead atoms. The molecule has 0 radical (unpaired) electrons. The molecule has 4 heteroatoms. The number of carbonyl (C=O) groups is 1. The maximum absolute atomic E-state index is 12.4. The average Bonchev–Trinajstić information content (AvgIpc) is 2.39. The summed E-state index contributed by atoms with van der Waals surface area (Å²) in [6.07, 6.45) is 7.27. The lowest BCUT2D eigenvalue weighted by Crippen LogP contribution is -2.56. The van der Waals surface area contributed by atoms with Gasteiger partial charge in [0.1, 0.15) is 0 Å². The van der Waals surface area contributed by atoms with Gasteiger partial charge in [0.15, 0.2) is 0 Å². The Kier molecular flexibility index (Phi) is 4.20. The van der Waals surface area contributed by atoms with Crippen LogP contribution in [0, 0.1) is 5.92 Å². The van der Waals surface area contributed by atoms with Crippen LogP contribution in [0.4, 0.5) is 0 Å². The third-order valence-corrected chi connectivity index (χ3v) is 4.02. The standard InChI is InChI=1S/C15H23N3O/c1-11-5-3-7-15(16,9-11)14(19)18-12(2)13-6-4-8-17-10-13/h4,6,8,10-12H,3,5,7,9,16H2,1-2H3,(H,18,19)/t11?,12-,15?/m1/s1. The van der Waals surface area contributed by atoms with E-state index in [1.807, 2.05) is 19.1 Å². The van der Waals surface area contributed by atoms with E-state index in [0.717, 1.165) is 24.8 Å². The van der Waals surface area contributed by atoms with E-state index in [1.165, 1.54) is 6.42 Å². The zero-order valence-electron chi connectivity index (χ0n) is 11.7. The van der Waals surface area contributed by atoms with Crippen molar-refractivity contribution >= 4 is 5.91 Å². The summed E-state index contributed by atoms with van der Waals surface area (Å²) in [7, 11) is 0. The van der Waals surface area contributed by atoms with Crippen LogP contribution in [0.15, 0.2) is 24.5 Å². The molecule has 1 aromatic rings. The lowest BCUT2D eigenvalue weighted by molar-refractivity contribution is -0.128. The SMILES string of the molecule is CC1CCCC(N)(C(=O)N[C@H](C)c2cccnc2)C1. The first-order valence-corrected chi connectivity index (χ1v) is 7.01. The third kappa shape index (κ3) is 3.32. The molecule has 1 amide bonds. The summed E-state index contributed by atoms with van der Waals surface area (Å²) < 4.78 is 0. The molecular weight excluding hydrogens is 238 g/mol. The van der Waals surface area contributed by atoms with Gasteiger partial charge in [-0.25, -0.2) is 0 Å². The Hall–Kier alpha value is -1.42. The molecule has 1 aliphatic rings. The summed E-state index contributed by atoms with van der Waals surface area (Å²) in [6.45, 7) is 4.13. The van der Waals surface area contributed by atoms with Gasteiger partial charge in [0.25, 0.3) is 0 Å². The molecule has 0 saturated heterocycles. The molecule has 2 unspecified atom stereocenters. The van der Waals surface area contributed by atoms with Crippen molar-refractivity contribution in [3.8, 4) is 0 Å². The molecule has 19 heavy (non-hydrogen) atoms. The summed E-state index contributed by atoms with van der Waals surface area (Å²) in [6, 6.07) is 3.78. The van der Waals surface area contributed by atoms with Gasteiger partial charge >= 0.3 is 0 Å². The number of nitrogens with zero attached hydrogens (tertiary/aromatic N) is 1. The highest BCUT2D eigenvalue weighted by molar-refractivity contribution is 5.86. The predicted octanol–water partition coefficient (Wildman–Crippen LogP) is 2.17. The summed E-state index contributed by atoms with van der Waals surface area (Å²) in [5.41, 5.74) is 6.59. The molecule has 0 aliphatic heterocycles. The van der Waals surface area contributed by atoms with Crippen LogP contribution >= 0.6 is 0 Å². The van der Waals surface area contributed by atoms with Crippen LogP contribution in [-0.4, -0.2) is 16.4 Å². The van der Waals surface area contributed by atoms with Gasteiger partial charge in [0, 0.05) is 12.4 Å². The van der Waals surface area contributed by atoms with Gasteiger partial charge in [-0.05, 0) is 37.3 Å². The molecule has 1 aliphatic carbocycles. The van der Waals surface area contributed by atoms with E-state index >= 15 is 0 Å². The summed E-state index contributed by atoms with van der Waals surface area (Å²) in [5.74, 6) is 0.494. The highest BCUT2D eigenvalue weighted by Gasteiger charge is 2.38. The molecule has 3 atom stereocenters. The number of hydrogen-bond acceptors (Lipinski definition) is 3. The molecule has 1 heterocycles. The Morgan fingerprint density at radius 2 is 2.42 bits per heavy atom. The minimum Gasteiger partial charge on any atom is -0.348 e. The topological polar surface area (TPSA) is 68.0 Å². The first-order chi connectivity index (χ1) is 9.01. The number of aromatic nitrogens is 1. The van der Waals surface area contributed by atoms with Crippen LogP contribution < -0.4 is 11.1 Å². The second kappa shape index (κ2) is 5.70. The van der Waals surface area contributed by atoms with E-state index in [4.69, 9.17) is 5.73 Å². The van der Waals surface area contributed by atoms with E-state index in [2.05, 4.69) is 17.2 Å². The van der Waals surface area contributed by atoms with Gasteiger partial charge in [-0.15, -0.1) is 0 Å². The second-order valence-electron chi connectivity index (χ2n) is 5.84.